The average molecular weight is 447 g/mol. The number of esters is 1. The average Bonchev–Trinajstić information content (AvgIpc) is 3.31. The normalized spacial score (nSPS) is 12.2. The van der Waals surface area contributed by atoms with Crippen molar-refractivity contribution in [2.45, 2.75) is 39.0 Å². The number of aryl methyl sites for hydroxylation is 1. The highest BCUT2D eigenvalue weighted by molar-refractivity contribution is 7.17. The Hall–Kier alpha value is -3.07. The van der Waals surface area contributed by atoms with Gasteiger partial charge in [0.05, 0.1) is 18.8 Å². The van der Waals surface area contributed by atoms with Crippen molar-refractivity contribution in [1.82, 2.24) is 0 Å². The number of anilines is 1. The number of carbonyl (C=O) groups excluding carboxylic acids is 3. The third-order valence-corrected chi connectivity index (χ3v) is 5.92. The fraction of sp³-hybridized carbons (Fsp3) is 0.409. The zero-order valence-electron chi connectivity index (χ0n) is 17.4. The Labute approximate surface area is 184 Å². The van der Waals surface area contributed by atoms with Crippen LogP contribution >= 0.6 is 11.3 Å². The number of rotatable bonds is 11. The number of hydrogen-bond acceptors (Lipinski definition) is 7. The first-order valence-corrected chi connectivity index (χ1v) is 11.1. The van der Waals surface area contributed by atoms with Crippen LogP contribution in [0, 0.1) is 0 Å². The van der Waals surface area contributed by atoms with Crippen LogP contribution in [0.25, 0.3) is 0 Å². The van der Waals surface area contributed by atoms with Crippen molar-refractivity contribution in [3.05, 3.63) is 40.3 Å². The molecule has 0 saturated carbocycles. The van der Waals surface area contributed by atoms with Crippen molar-refractivity contribution in [1.29, 1.82) is 0 Å². The summed E-state index contributed by atoms with van der Waals surface area (Å²) < 4.78 is 16.2. The molecule has 3 rings (SSSR count). The summed E-state index contributed by atoms with van der Waals surface area (Å²) in [6.07, 6.45) is 3.19. The topological polar surface area (TPSA) is 117 Å². The van der Waals surface area contributed by atoms with Crippen molar-refractivity contribution >= 4 is 34.1 Å². The van der Waals surface area contributed by atoms with Gasteiger partial charge in [-0.05, 0) is 50.3 Å². The van der Waals surface area contributed by atoms with E-state index < -0.39 is 24.4 Å². The van der Waals surface area contributed by atoms with E-state index in [2.05, 4.69) is 5.32 Å². The van der Waals surface area contributed by atoms with Crippen molar-refractivity contribution in [3.63, 3.8) is 0 Å². The Morgan fingerprint density at radius 2 is 1.87 bits per heavy atom. The number of hydrogen-bond donors (Lipinski definition) is 2. The predicted molar refractivity (Wildman–Crippen MR) is 117 cm³/mol. The van der Waals surface area contributed by atoms with E-state index >= 15 is 0 Å². The molecule has 1 aromatic carbocycles. The molecule has 0 bridgehead atoms. The van der Waals surface area contributed by atoms with E-state index in [0.29, 0.717) is 41.7 Å². The van der Waals surface area contributed by atoms with Crippen LogP contribution in [0.4, 0.5) is 5.00 Å². The first kappa shape index (κ1) is 22.6. The van der Waals surface area contributed by atoms with Crippen LogP contribution < -0.4 is 20.5 Å². The number of primary amides is 1. The molecule has 0 spiro atoms. The van der Waals surface area contributed by atoms with Gasteiger partial charge < -0.3 is 25.3 Å². The van der Waals surface area contributed by atoms with E-state index in [1.54, 1.807) is 6.07 Å². The second-order valence-electron chi connectivity index (χ2n) is 6.97. The summed E-state index contributed by atoms with van der Waals surface area (Å²) in [7, 11) is 0. The van der Waals surface area contributed by atoms with Crippen molar-refractivity contribution < 1.29 is 28.6 Å². The Morgan fingerprint density at radius 3 is 2.58 bits per heavy atom. The molecule has 0 saturated heterocycles. The van der Waals surface area contributed by atoms with Crippen LogP contribution in [0.15, 0.2) is 24.3 Å². The van der Waals surface area contributed by atoms with Crippen LogP contribution in [-0.2, 0) is 27.2 Å². The maximum atomic E-state index is 12.2. The molecule has 1 aliphatic carbocycles. The van der Waals surface area contributed by atoms with Gasteiger partial charge in [-0.15, -0.1) is 11.3 Å². The zero-order chi connectivity index (χ0) is 22.2. The van der Waals surface area contributed by atoms with Gasteiger partial charge in [-0.25, -0.2) is 0 Å². The van der Waals surface area contributed by atoms with Gasteiger partial charge in [-0.1, -0.05) is 12.1 Å². The minimum Gasteiger partial charge on any atom is -0.490 e. The van der Waals surface area contributed by atoms with Gasteiger partial charge in [0.25, 0.3) is 11.8 Å². The quantitative estimate of drug-likeness (QED) is 0.405. The van der Waals surface area contributed by atoms with Gasteiger partial charge in [0.1, 0.15) is 5.00 Å². The van der Waals surface area contributed by atoms with Crippen molar-refractivity contribution in [2.75, 3.05) is 25.1 Å². The van der Waals surface area contributed by atoms with E-state index in [9.17, 15) is 14.4 Å². The SMILES string of the molecule is CCOc1ccccc1OCCCC(=O)OCC(=O)Nc1sc2c(c1C(N)=O)CCC2. The molecular formula is C22H26N2O6S. The maximum Gasteiger partial charge on any atom is 0.306 e. The summed E-state index contributed by atoms with van der Waals surface area (Å²) in [4.78, 5) is 36.9. The summed E-state index contributed by atoms with van der Waals surface area (Å²) in [5.74, 6) is -0.291. The van der Waals surface area contributed by atoms with Crippen LogP contribution in [0.5, 0.6) is 11.5 Å². The molecule has 0 aliphatic heterocycles. The lowest BCUT2D eigenvalue weighted by Gasteiger charge is -2.11. The molecule has 1 heterocycles. The number of nitrogens with one attached hydrogen (secondary N) is 1. The van der Waals surface area contributed by atoms with Gasteiger partial charge in [0.15, 0.2) is 18.1 Å². The summed E-state index contributed by atoms with van der Waals surface area (Å²) in [5, 5.41) is 3.08. The molecule has 1 aromatic heterocycles. The minimum absolute atomic E-state index is 0.115. The fourth-order valence-corrected chi connectivity index (χ4v) is 4.69. The minimum atomic E-state index is -0.558. The smallest absolute Gasteiger partial charge is 0.306 e. The van der Waals surface area contributed by atoms with E-state index in [0.717, 1.165) is 29.7 Å². The second kappa shape index (κ2) is 10.8. The molecule has 3 N–H and O–H groups in total. The predicted octanol–water partition coefficient (Wildman–Crippen LogP) is 3.08. The van der Waals surface area contributed by atoms with Crippen LogP contribution in [0.1, 0.15) is 47.0 Å². The highest BCUT2D eigenvalue weighted by Gasteiger charge is 2.26. The lowest BCUT2D eigenvalue weighted by Crippen LogP contribution is -2.22. The molecule has 2 aromatic rings. The summed E-state index contributed by atoms with van der Waals surface area (Å²) in [6, 6.07) is 7.32. The molecule has 9 heteroatoms. The Bertz CT molecular complexity index is 955. The molecule has 2 amide bonds. The molecular weight excluding hydrogens is 420 g/mol. The number of benzene rings is 1. The van der Waals surface area contributed by atoms with E-state index in [1.165, 1.54) is 11.3 Å². The van der Waals surface area contributed by atoms with Gasteiger partial charge >= 0.3 is 5.97 Å². The summed E-state index contributed by atoms with van der Waals surface area (Å²) in [6.45, 7) is 2.31. The second-order valence-corrected chi connectivity index (χ2v) is 8.07. The Kier molecular flexibility index (Phi) is 7.88. The molecule has 31 heavy (non-hydrogen) atoms. The summed E-state index contributed by atoms with van der Waals surface area (Å²) >= 11 is 1.36. The van der Waals surface area contributed by atoms with Gasteiger partial charge in [-0.2, -0.15) is 0 Å². The lowest BCUT2D eigenvalue weighted by atomic mass is 10.1. The van der Waals surface area contributed by atoms with Crippen LogP contribution in [0.3, 0.4) is 0 Å². The first-order chi connectivity index (χ1) is 15.0. The molecule has 8 nitrogen and oxygen atoms in total. The van der Waals surface area contributed by atoms with E-state index in [1.807, 2.05) is 25.1 Å². The van der Waals surface area contributed by atoms with E-state index in [-0.39, 0.29) is 6.42 Å². The maximum absolute atomic E-state index is 12.2. The standard InChI is InChI=1S/C22H26N2O6S/c1-2-28-15-8-3-4-9-16(15)29-12-6-11-19(26)30-13-18(25)24-22-20(21(23)27)14-7-5-10-17(14)31-22/h3-4,8-9H,2,5-7,10-13H2,1H3,(H2,23,27)(H,24,25). The molecule has 0 radical (unpaired) electrons. The Balaban J connectivity index is 1.39. The number of amides is 2. The summed E-state index contributed by atoms with van der Waals surface area (Å²) in [5.41, 5.74) is 6.78. The molecule has 1 aliphatic rings. The third kappa shape index (κ3) is 5.97. The van der Waals surface area contributed by atoms with Crippen molar-refractivity contribution in [3.8, 4) is 11.5 Å². The molecule has 0 unspecified atom stereocenters. The zero-order valence-corrected chi connectivity index (χ0v) is 18.2. The highest BCUT2D eigenvalue weighted by Crippen LogP contribution is 2.38. The first-order valence-electron chi connectivity index (χ1n) is 10.2. The number of fused-ring (bicyclic) bond motifs is 1. The van der Waals surface area contributed by atoms with Gasteiger partial charge in [-0.3, -0.25) is 14.4 Å². The van der Waals surface area contributed by atoms with Crippen molar-refractivity contribution in [2.24, 2.45) is 5.73 Å². The number of ether oxygens (including phenoxy) is 3. The van der Waals surface area contributed by atoms with E-state index in [4.69, 9.17) is 19.9 Å². The molecule has 0 atom stereocenters. The number of para-hydroxylation sites is 2. The number of nitrogens with two attached hydrogens (primary N) is 1. The van der Waals surface area contributed by atoms with Crippen LogP contribution in [-0.4, -0.2) is 37.6 Å². The highest BCUT2D eigenvalue weighted by atomic mass is 32.1. The fourth-order valence-electron chi connectivity index (χ4n) is 3.38. The van der Waals surface area contributed by atoms with Crippen LogP contribution in [0.2, 0.25) is 0 Å². The lowest BCUT2D eigenvalue weighted by molar-refractivity contribution is -0.147. The monoisotopic (exact) mass is 446 g/mol. The van der Waals surface area contributed by atoms with Gasteiger partial charge in [0.2, 0.25) is 0 Å². The van der Waals surface area contributed by atoms with Gasteiger partial charge in [0, 0.05) is 11.3 Å². The number of carbonyl (C=O) groups is 3. The molecule has 166 valence electrons. The largest absolute Gasteiger partial charge is 0.490 e. The Morgan fingerprint density at radius 1 is 1.13 bits per heavy atom. The number of thiophene rings is 1. The molecule has 0 fully saturated rings. The third-order valence-electron chi connectivity index (χ3n) is 4.72.